The molecular weight excluding hydrogens is 378 g/mol. The fraction of sp³-hybridized carbons (Fsp3) is 0.621. The van der Waals surface area contributed by atoms with E-state index in [0.717, 1.165) is 23.0 Å². The van der Waals surface area contributed by atoms with E-state index in [1.807, 2.05) is 30.3 Å². The summed E-state index contributed by atoms with van der Waals surface area (Å²) in [4.78, 5) is 12.3. The minimum atomic E-state index is 0.156. The quantitative estimate of drug-likeness (QED) is 0.185. The Labute approximate surface area is 190 Å². The molecule has 0 atom stereocenters. The van der Waals surface area contributed by atoms with Gasteiger partial charge in [-0.05, 0) is 50.7 Å². The second-order valence-corrected chi connectivity index (χ2v) is 9.12. The molecule has 0 aliphatic carbocycles. The van der Waals surface area contributed by atoms with E-state index in [2.05, 4.69) is 30.7 Å². The molecule has 2 aromatic rings. The molecule has 0 aliphatic heterocycles. The number of pyridine rings is 1. The molecule has 0 bridgehead atoms. The van der Waals surface area contributed by atoms with Gasteiger partial charge in [0.2, 0.25) is 0 Å². The van der Waals surface area contributed by atoms with Gasteiger partial charge in [-0.15, -0.1) is 0 Å². The predicted molar refractivity (Wildman–Crippen MR) is 137 cm³/mol. The number of para-hydroxylation sites is 1. The number of fused-ring (bicyclic) bond motifs is 1. The summed E-state index contributed by atoms with van der Waals surface area (Å²) in [5.74, 6) is 0. The lowest BCUT2D eigenvalue weighted by atomic mass is 10.1. The largest absolute Gasteiger partial charge is 0.347 e. The fourth-order valence-corrected chi connectivity index (χ4v) is 4.43. The van der Waals surface area contributed by atoms with Crippen LogP contribution in [0, 0.1) is 0 Å². The van der Waals surface area contributed by atoms with Gasteiger partial charge in [0.15, 0.2) is 5.43 Å². The summed E-state index contributed by atoms with van der Waals surface area (Å²) in [5.41, 5.74) is 2.36. The van der Waals surface area contributed by atoms with Gasteiger partial charge >= 0.3 is 0 Å². The van der Waals surface area contributed by atoms with E-state index in [0.29, 0.717) is 0 Å². The van der Waals surface area contributed by atoms with Crippen molar-refractivity contribution < 1.29 is 0 Å². The van der Waals surface area contributed by atoms with Gasteiger partial charge in [0.25, 0.3) is 0 Å². The van der Waals surface area contributed by atoms with Crippen LogP contribution in [0.2, 0.25) is 0 Å². The SMILES string of the molecule is CCCCCCCCC/C=C\CCCCCCCCc1cc(=O)c2ccccc2n1C. The summed E-state index contributed by atoms with van der Waals surface area (Å²) in [6.07, 6.45) is 25.9. The molecule has 2 nitrogen and oxygen atoms in total. The van der Waals surface area contributed by atoms with E-state index < -0.39 is 0 Å². The monoisotopic (exact) mass is 423 g/mol. The lowest BCUT2D eigenvalue weighted by Crippen LogP contribution is -2.11. The van der Waals surface area contributed by atoms with Crippen molar-refractivity contribution in [3.8, 4) is 0 Å². The number of hydrogen-bond donors (Lipinski definition) is 0. The van der Waals surface area contributed by atoms with Crippen molar-refractivity contribution in [1.82, 2.24) is 4.57 Å². The van der Waals surface area contributed by atoms with Gasteiger partial charge in [-0.2, -0.15) is 0 Å². The molecule has 1 aromatic carbocycles. The van der Waals surface area contributed by atoms with Gasteiger partial charge in [0.05, 0.1) is 5.52 Å². The molecule has 2 rings (SSSR count). The van der Waals surface area contributed by atoms with E-state index in [1.54, 1.807) is 0 Å². The minimum absolute atomic E-state index is 0.156. The molecule has 0 saturated heterocycles. The van der Waals surface area contributed by atoms with E-state index in [1.165, 1.54) is 96.3 Å². The van der Waals surface area contributed by atoms with E-state index >= 15 is 0 Å². The summed E-state index contributed by atoms with van der Waals surface area (Å²) < 4.78 is 2.19. The molecule has 0 unspecified atom stereocenters. The van der Waals surface area contributed by atoms with Crippen molar-refractivity contribution in [1.29, 1.82) is 0 Å². The van der Waals surface area contributed by atoms with Crippen molar-refractivity contribution >= 4 is 10.9 Å². The van der Waals surface area contributed by atoms with Gasteiger partial charge in [-0.25, -0.2) is 0 Å². The first-order chi connectivity index (χ1) is 15.2. The van der Waals surface area contributed by atoms with Crippen LogP contribution in [-0.4, -0.2) is 4.57 Å². The van der Waals surface area contributed by atoms with Crippen molar-refractivity contribution in [3.05, 3.63) is 58.4 Å². The molecule has 1 aromatic heterocycles. The Balaban J connectivity index is 1.46. The molecule has 0 radical (unpaired) electrons. The molecule has 1 heterocycles. The van der Waals surface area contributed by atoms with Crippen molar-refractivity contribution in [2.45, 2.75) is 110 Å². The zero-order valence-corrected chi connectivity index (χ0v) is 20.2. The topological polar surface area (TPSA) is 22.0 Å². The molecule has 2 heteroatoms. The molecule has 31 heavy (non-hydrogen) atoms. The normalized spacial score (nSPS) is 11.7. The van der Waals surface area contributed by atoms with Crippen LogP contribution < -0.4 is 5.43 Å². The minimum Gasteiger partial charge on any atom is -0.347 e. The zero-order valence-electron chi connectivity index (χ0n) is 20.2. The lowest BCUT2D eigenvalue weighted by Gasteiger charge is -2.12. The zero-order chi connectivity index (χ0) is 22.2. The molecule has 0 amide bonds. The summed E-state index contributed by atoms with van der Waals surface area (Å²) in [5, 5.41) is 0.824. The maximum Gasteiger partial charge on any atom is 0.189 e. The highest BCUT2D eigenvalue weighted by Gasteiger charge is 2.05. The Kier molecular flexibility index (Phi) is 13.0. The maximum absolute atomic E-state index is 12.3. The standard InChI is InChI=1S/C29H45NO/c1-3-4-5-6-7-8-9-10-11-12-13-14-15-16-17-18-19-22-26-25-29(31)27-23-20-21-24-28(27)30(26)2/h11-12,20-21,23-25H,3-10,13-19,22H2,1-2H3/b12-11-. The number of nitrogens with zero attached hydrogens (tertiary/aromatic N) is 1. The average molecular weight is 424 g/mol. The molecule has 0 aliphatic rings. The maximum atomic E-state index is 12.3. The highest BCUT2D eigenvalue weighted by Crippen LogP contribution is 2.15. The Morgan fingerprint density at radius 1 is 0.742 bits per heavy atom. The molecular formula is C29H45NO. The van der Waals surface area contributed by atoms with Crippen LogP contribution >= 0.6 is 0 Å². The smallest absolute Gasteiger partial charge is 0.189 e. The summed E-state index contributed by atoms with van der Waals surface area (Å²) in [6, 6.07) is 9.75. The van der Waals surface area contributed by atoms with Gasteiger partial charge in [-0.1, -0.05) is 95.4 Å². The third kappa shape index (κ3) is 9.89. The van der Waals surface area contributed by atoms with Crippen LogP contribution in [0.3, 0.4) is 0 Å². The average Bonchev–Trinajstić information content (AvgIpc) is 2.79. The Morgan fingerprint density at radius 2 is 1.29 bits per heavy atom. The number of aryl methyl sites for hydroxylation is 2. The second kappa shape index (κ2) is 15.9. The molecule has 0 saturated carbocycles. The van der Waals surface area contributed by atoms with E-state index in [9.17, 15) is 4.79 Å². The van der Waals surface area contributed by atoms with Gasteiger partial charge in [0.1, 0.15) is 0 Å². The lowest BCUT2D eigenvalue weighted by molar-refractivity contribution is 0.588. The Bertz CT molecular complexity index is 817. The Hall–Kier alpha value is -1.83. The van der Waals surface area contributed by atoms with Crippen LogP contribution in [0.25, 0.3) is 10.9 Å². The molecule has 172 valence electrons. The third-order valence-corrected chi connectivity index (χ3v) is 6.45. The van der Waals surface area contributed by atoms with Gasteiger partial charge in [-0.3, -0.25) is 4.79 Å². The van der Waals surface area contributed by atoms with E-state index in [-0.39, 0.29) is 5.43 Å². The fourth-order valence-electron chi connectivity index (χ4n) is 4.43. The first-order valence-corrected chi connectivity index (χ1v) is 13.0. The predicted octanol–water partition coefficient (Wildman–Crippen LogP) is 8.51. The van der Waals surface area contributed by atoms with Gasteiger partial charge in [0, 0.05) is 24.2 Å². The molecule has 0 spiro atoms. The van der Waals surface area contributed by atoms with E-state index in [4.69, 9.17) is 0 Å². The van der Waals surface area contributed by atoms with Crippen molar-refractivity contribution in [3.63, 3.8) is 0 Å². The summed E-state index contributed by atoms with van der Waals surface area (Å²) in [7, 11) is 2.08. The third-order valence-electron chi connectivity index (χ3n) is 6.45. The number of hydrogen-bond acceptors (Lipinski definition) is 1. The van der Waals surface area contributed by atoms with Crippen molar-refractivity contribution in [2.75, 3.05) is 0 Å². The van der Waals surface area contributed by atoms with Crippen molar-refractivity contribution in [2.24, 2.45) is 7.05 Å². The first kappa shape index (κ1) is 25.4. The number of aromatic nitrogens is 1. The number of unbranched alkanes of at least 4 members (excludes halogenated alkanes) is 13. The molecule has 0 N–H and O–H groups in total. The van der Waals surface area contributed by atoms with Crippen LogP contribution in [0.1, 0.15) is 109 Å². The van der Waals surface area contributed by atoms with Crippen LogP contribution in [-0.2, 0) is 13.5 Å². The highest BCUT2D eigenvalue weighted by atomic mass is 16.1. The number of allylic oxidation sites excluding steroid dienone is 2. The summed E-state index contributed by atoms with van der Waals surface area (Å²) in [6.45, 7) is 2.28. The highest BCUT2D eigenvalue weighted by molar-refractivity contribution is 5.79. The first-order valence-electron chi connectivity index (χ1n) is 13.0. The number of rotatable bonds is 17. The molecule has 0 fully saturated rings. The van der Waals surface area contributed by atoms with Crippen LogP contribution in [0.4, 0.5) is 0 Å². The number of benzene rings is 1. The second-order valence-electron chi connectivity index (χ2n) is 9.12. The van der Waals surface area contributed by atoms with Gasteiger partial charge < -0.3 is 4.57 Å². The Morgan fingerprint density at radius 3 is 1.94 bits per heavy atom. The van der Waals surface area contributed by atoms with Crippen LogP contribution in [0.15, 0.2) is 47.3 Å². The van der Waals surface area contributed by atoms with Crippen LogP contribution in [0.5, 0.6) is 0 Å². The summed E-state index contributed by atoms with van der Waals surface area (Å²) >= 11 is 0.